The lowest BCUT2D eigenvalue weighted by Crippen LogP contribution is -2.23. The Labute approximate surface area is 76.0 Å². The molecule has 2 aliphatic heterocycles. The van der Waals surface area contributed by atoms with Gasteiger partial charge >= 0.3 is 5.97 Å². The van der Waals surface area contributed by atoms with Crippen LogP contribution in [0.2, 0.25) is 0 Å². The van der Waals surface area contributed by atoms with E-state index < -0.39 is 5.97 Å². The molecule has 0 unspecified atom stereocenters. The third-order valence-electron chi connectivity index (χ3n) is 2.03. The van der Waals surface area contributed by atoms with Gasteiger partial charge in [0.1, 0.15) is 0 Å². The Bertz CT molecular complexity index is 361. The molecule has 0 bridgehead atoms. The summed E-state index contributed by atoms with van der Waals surface area (Å²) in [6, 6.07) is 0. The van der Waals surface area contributed by atoms with E-state index in [4.69, 9.17) is 5.11 Å². The van der Waals surface area contributed by atoms with Gasteiger partial charge < -0.3 is 10.0 Å². The molecule has 0 aliphatic carbocycles. The van der Waals surface area contributed by atoms with Crippen LogP contribution in [0.5, 0.6) is 0 Å². The van der Waals surface area contributed by atoms with Gasteiger partial charge in [0.2, 0.25) is 0 Å². The number of hydrogen-bond acceptors (Lipinski definition) is 2. The molecule has 0 amide bonds. The third-order valence-corrected chi connectivity index (χ3v) is 2.03. The van der Waals surface area contributed by atoms with Crippen molar-refractivity contribution in [2.45, 2.75) is 0 Å². The summed E-state index contributed by atoms with van der Waals surface area (Å²) in [4.78, 5) is 12.7. The predicted molar refractivity (Wildman–Crippen MR) is 48.8 cm³/mol. The number of hydrogen-bond donors (Lipinski definition) is 1. The maximum absolute atomic E-state index is 10.8. The Balaban J connectivity index is 2.47. The van der Waals surface area contributed by atoms with E-state index in [0.717, 1.165) is 12.2 Å². The quantitative estimate of drug-likeness (QED) is 0.652. The summed E-state index contributed by atoms with van der Waals surface area (Å²) in [6.07, 6.45) is 10.9. The van der Waals surface area contributed by atoms with Crippen molar-refractivity contribution in [3.8, 4) is 0 Å². The monoisotopic (exact) mass is 175 g/mol. The Kier molecular flexibility index (Phi) is 1.77. The zero-order valence-electron chi connectivity index (χ0n) is 6.97. The van der Waals surface area contributed by atoms with Crippen molar-refractivity contribution in [1.82, 2.24) is 4.90 Å². The van der Waals surface area contributed by atoms with Crippen LogP contribution in [0.1, 0.15) is 0 Å². The second-order valence-corrected chi connectivity index (χ2v) is 2.86. The standard InChI is InChI=1S/C10H9NO2/c12-10(13)8-4-3-7-11-6-2-1-5-9(8)11/h1-6H,7H2,(H,12,13). The molecule has 0 saturated carbocycles. The molecule has 0 saturated heterocycles. The lowest BCUT2D eigenvalue weighted by Gasteiger charge is -2.26. The van der Waals surface area contributed by atoms with Crippen LogP contribution >= 0.6 is 0 Å². The minimum Gasteiger partial charge on any atom is -0.478 e. The first-order valence-corrected chi connectivity index (χ1v) is 4.04. The van der Waals surface area contributed by atoms with Crippen LogP contribution in [0.3, 0.4) is 0 Å². The van der Waals surface area contributed by atoms with Crippen LogP contribution in [-0.2, 0) is 4.79 Å². The minimum absolute atomic E-state index is 0.354. The summed E-state index contributed by atoms with van der Waals surface area (Å²) in [5.41, 5.74) is 1.12. The molecular weight excluding hydrogens is 166 g/mol. The molecule has 1 N–H and O–H groups in total. The van der Waals surface area contributed by atoms with Gasteiger partial charge in [-0.1, -0.05) is 12.2 Å². The molecule has 0 aromatic carbocycles. The first-order chi connectivity index (χ1) is 6.29. The number of nitrogens with zero attached hydrogens (tertiary/aromatic N) is 1. The van der Waals surface area contributed by atoms with Gasteiger partial charge in [-0.05, 0) is 18.2 Å². The minimum atomic E-state index is -0.879. The van der Waals surface area contributed by atoms with Gasteiger partial charge in [-0.3, -0.25) is 0 Å². The molecule has 3 nitrogen and oxygen atoms in total. The highest BCUT2D eigenvalue weighted by Gasteiger charge is 2.18. The normalized spacial score (nSPS) is 19.2. The van der Waals surface area contributed by atoms with Crippen LogP contribution in [0.4, 0.5) is 0 Å². The van der Waals surface area contributed by atoms with E-state index in [1.54, 1.807) is 6.08 Å². The first kappa shape index (κ1) is 7.86. The molecular formula is C10H9NO2. The van der Waals surface area contributed by atoms with Gasteiger partial charge in [-0.15, -0.1) is 0 Å². The molecule has 0 spiro atoms. The fourth-order valence-electron chi connectivity index (χ4n) is 1.43. The van der Waals surface area contributed by atoms with Crippen LogP contribution in [0.15, 0.2) is 47.9 Å². The zero-order valence-corrected chi connectivity index (χ0v) is 6.97. The summed E-state index contributed by atoms with van der Waals surface area (Å²) in [5, 5.41) is 8.88. The Morgan fingerprint density at radius 2 is 2.23 bits per heavy atom. The van der Waals surface area contributed by atoms with Crippen LogP contribution in [0, 0.1) is 0 Å². The number of carboxylic acids is 1. The molecule has 3 heteroatoms. The number of allylic oxidation sites excluding steroid dienone is 3. The summed E-state index contributed by atoms with van der Waals surface area (Å²) in [5.74, 6) is -0.879. The lowest BCUT2D eigenvalue weighted by atomic mass is 10.1. The SMILES string of the molecule is O=C(O)C1=C2C=CC=CN2CC=C1. The van der Waals surface area contributed by atoms with E-state index in [1.165, 1.54) is 0 Å². The highest BCUT2D eigenvalue weighted by Crippen LogP contribution is 2.21. The predicted octanol–water partition coefficient (Wildman–Crippen LogP) is 1.28. The van der Waals surface area contributed by atoms with Gasteiger partial charge in [0, 0.05) is 12.7 Å². The number of carboxylic acid groups (broad SMARTS) is 1. The van der Waals surface area contributed by atoms with Crippen molar-refractivity contribution in [2.24, 2.45) is 0 Å². The largest absolute Gasteiger partial charge is 0.478 e. The second kappa shape index (κ2) is 2.94. The number of rotatable bonds is 1. The Morgan fingerprint density at radius 3 is 3.00 bits per heavy atom. The highest BCUT2D eigenvalue weighted by atomic mass is 16.4. The summed E-state index contributed by atoms with van der Waals surface area (Å²) in [6.45, 7) is 0.743. The van der Waals surface area contributed by atoms with Crippen molar-refractivity contribution in [1.29, 1.82) is 0 Å². The van der Waals surface area contributed by atoms with Crippen molar-refractivity contribution in [2.75, 3.05) is 6.54 Å². The van der Waals surface area contributed by atoms with Gasteiger partial charge in [0.05, 0.1) is 11.3 Å². The fraction of sp³-hybridized carbons (Fsp3) is 0.100. The van der Waals surface area contributed by atoms with Gasteiger partial charge in [-0.2, -0.15) is 0 Å². The van der Waals surface area contributed by atoms with E-state index in [2.05, 4.69) is 0 Å². The fourth-order valence-corrected chi connectivity index (χ4v) is 1.43. The topological polar surface area (TPSA) is 40.5 Å². The average Bonchev–Trinajstić information content (AvgIpc) is 2.17. The lowest BCUT2D eigenvalue weighted by molar-refractivity contribution is -0.132. The van der Waals surface area contributed by atoms with E-state index in [-0.39, 0.29) is 0 Å². The second-order valence-electron chi connectivity index (χ2n) is 2.86. The smallest absolute Gasteiger partial charge is 0.337 e. The van der Waals surface area contributed by atoms with Crippen molar-refractivity contribution in [3.05, 3.63) is 47.9 Å². The van der Waals surface area contributed by atoms with Crippen LogP contribution < -0.4 is 0 Å². The van der Waals surface area contributed by atoms with E-state index in [1.807, 2.05) is 35.4 Å². The molecule has 2 heterocycles. The van der Waals surface area contributed by atoms with Crippen molar-refractivity contribution >= 4 is 5.97 Å². The maximum Gasteiger partial charge on any atom is 0.337 e. The molecule has 2 rings (SSSR count). The molecule has 66 valence electrons. The van der Waals surface area contributed by atoms with Gasteiger partial charge in [0.25, 0.3) is 0 Å². The summed E-state index contributed by atoms with van der Waals surface area (Å²) >= 11 is 0. The van der Waals surface area contributed by atoms with E-state index >= 15 is 0 Å². The molecule has 13 heavy (non-hydrogen) atoms. The average molecular weight is 175 g/mol. The van der Waals surface area contributed by atoms with Crippen molar-refractivity contribution < 1.29 is 9.90 Å². The molecule has 0 aromatic rings. The highest BCUT2D eigenvalue weighted by molar-refractivity contribution is 5.91. The molecule has 0 aromatic heterocycles. The molecule has 2 aliphatic rings. The van der Waals surface area contributed by atoms with Crippen LogP contribution in [0.25, 0.3) is 0 Å². The summed E-state index contributed by atoms with van der Waals surface area (Å²) in [7, 11) is 0. The van der Waals surface area contributed by atoms with Crippen LogP contribution in [-0.4, -0.2) is 22.5 Å². The molecule has 0 atom stereocenters. The van der Waals surface area contributed by atoms with Gasteiger partial charge in [-0.25, -0.2) is 4.79 Å². The number of carbonyl (C=O) groups is 1. The zero-order chi connectivity index (χ0) is 9.26. The van der Waals surface area contributed by atoms with E-state index in [9.17, 15) is 4.79 Å². The molecule has 0 radical (unpaired) electrons. The first-order valence-electron chi connectivity index (χ1n) is 4.04. The van der Waals surface area contributed by atoms with E-state index in [0.29, 0.717) is 5.57 Å². The number of aliphatic carboxylic acids is 1. The number of fused-ring (bicyclic) bond motifs is 1. The maximum atomic E-state index is 10.8. The van der Waals surface area contributed by atoms with Crippen molar-refractivity contribution in [3.63, 3.8) is 0 Å². The van der Waals surface area contributed by atoms with Gasteiger partial charge in [0.15, 0.2) is 0 Å². The summed E-state index contributed by atoms with van der Waals surface area (Å²) < 4.78 is 0. The third kappa shape index (κ3) is 1.28. The Morgan fingerprint density at radius 1 is 1.38 bits per heavy atom. The Hall–Kier alpha value is -1.77. The molecule has 0 fully saturated rings.